The third-order valence-electron chi connectivity index (χ3n) is 4.90. The second-order valence-corrected chi connectivity index (χ2v) is 8.07. The number of benzene rings is 1. The normalized spacial score (nSPS) is 15.4. The molecule has 1 fully saturated rings. The highest BCUT2D eigenvalue weighted by Crippen LogP contribution is 2.32. The van der Waals surface area contributed by atoms with Crippen LogP contribution in [-0.2, 0) is 9.59 Å². The predicted octanol–water partition coefficient (Wildman–Crippen LogP) is 3.76. The first-order valence-electron chi connectivity index (χ1n) is 9.17. The summed E-state index contributed by atoms with van der Waals surface area (Å²) in [6.07, 6.45) is 4.14. The van der Waals surface area contributed by atoms with Crippen molar-refractivity contribution in [3.05, 3.63) is 29.1 Å². The zero-order valence-corrected chi connectivity index (χ0v) is 16.7. The van der Waals surface area contributed by atoms with Crippen LogP contribution in [0.25, 0.3) is 11.3 Å². The number of carbonyl (C=O) groups is 2. The summed E-state index contributed by atoms with van der Waals surface area (Å²) in [6.45, 7) is 3.43. The van der Waals surface area contributed by atoms with Crippen LogP contribution in [0.4, 0.5) is 5.13 Å². The summed E-state index contributed by atoms with van der Waals surface area (Å²) < 4.78 is 5.19. The number of aromatic nitrogens is 1. The summed E-state index contributed by atoms with van der Waals surface area (Å²) in [4.78, 5) is 30.0. The van der Waals surface area contributed by atoms with Crippen molar-refractivity contribution in [1.29, 1.82) is 0 Å². The molecule has 1 aliphatic carbocycles. The van der Waals surface area contributed by atoms with Crippen LogP contribution in [-0.4, -0.2) is 29.9 Å². The maximum atomic E-state index is 12.8. The second-order valence-electron chi connectivity index (χ2n) is 6.86. The molecule has 0 radical (unpaired) electrons. The molecule has 6 nitrogen and oxygen atoms in total. The Hall–Kier alpha value is -2.41. The fourth-order valence-electron chi connectivity index (χ4n) is 3.56. The van der Waals surface area contributed by atoms with E-state index in [4.69, 9.17) is 4.74 Å². The van der Waals surface area contributed by atoms with Crippen molar-refractivity contribution in [3.8, 4) is 17.0 Å². The van der Waals surface area contributed by atoms with Gasteiger partial charge in [-0.3, -0.25) is 9.59 Å². The molecule has 1 aliphatic rings. The average molecular weight is 388 g/mol. The van der Waals surface area contributed by atoms with Gasteiger partial charge in [0.15, 0.2) is 5.13 Å². The molecule has 0 spiro atoms. The molecular weight excluding hydrogens is 362 g/mol. The predicted molar refractivity (Wildman–Crippen MR) is 107 cm³/mol. The molecule has 2 aromatic rings. The van der Waals surface area contributed by atoms with Crippen molar-refractivity contribution >= 4 is 28.3 Å². The van der Waals surface area contributed by atoms with Gasteiger partial charge in [-0.05, 0) is 49.9 Å². The summed E-state index contributed by atoms with van der Waals surface area (Å²) in [5, 5.41) is 6.28. The van der Waals surface area contributed by atoms with E-state index in [-0.39, 0.29) is 17.7 Å². The molecule has 0 bridgehead atoms. The number of hydrogen-bond acceptors (Lipinski definition) is 5. The lowest BCUT2D eigenvalue weighted by Crippen LogP contribution is -2.47. The Morgan fingerprint density at radius 2 is 1.89 bits per heavy atom. The van der Waals surface area contributed by atoms with Crippen LogP contribution in [0.5, 0.6) is 5.75 Å². The lowest BCUT2D eigenvalue weighted by molar-refractivity contribution is -0.126. The van der Waals surface area contributed by atoms with Crippen molar-refractivity contribution < 1.29 is 14.3 Å². The number of nitrogens with one attached hydrogen (secondary N) is 2. The molecule has 0 saturated heterocycles. The van der Waals surface area contributed by atoms with E-state index in [1.54, 1.807) is 7.11 Å². The third kappa shape index (κ3) is 4.66. The van der Waals surface area contributed by atoms with Gasteiger partial charge in [-0.1, -0.05) is 12.8 Å². The van der Waals surface area contributed by atoms with Crippen LogP contribution in [0.2, 0.25) is 0 Å². The van der Waals surface area contributed by atoms with Gasteiger partial charge in [0.1, 0.15) is 11.8 Å². The van der Waals surface area contributed by atoms with Crippen molar-refractivity contribution in [1.82, 2.24) is 10.3 Å². The Labute approximate surface area is 163 Å². The number of amides is 2. The van der Waals surface area contributed by atoms with Gasteiger partial charge in [0.2, 0.25) is 11.8 Å². The van der Waals surface area contributed by atoms with E-state index in [1.165, 1.54) is 18.3 Å². The molecule has 2 N–H and O–H groups in total. The van der Waals surface area contributed by atoms with Gasteiger partial charge in [-0.25, -0.2) is 4.98 Å². The van der Waals surface area contributed by atoms with Crippen molar-refractivity contribution in [2.24, 2.45) is 5.92 Å². The standard InChI is InChI=1S/C20H25N3O3S/c1-12-17(15-8-10-16(26-3)11-9-15)22-20(27-12)23-19(25)18(21-13(2)24)14-6-4-5-7-14/h8-11,14,18H,4-7H2,1-3H3,(H,21,24)(H,22,23,25). The van der Waals surface area contributed by atoms with Crippen LogP contribution >= 0.6 is 11.3 Å². The zero-order valence-electron chi connectivity index (χ0n) is 15.9. The number of anilines is 1. The number of hydrogen-bond donors (Lipinski definition) is 2. The molecule has 3 rings (SSSR count). The fourth-order valence-corrected chi connectivity index (χ4v) is 4.40. The third-order valence-corrected chi connectivity index (χ3v) is 5.79. The monoisotopic (exact) mass is 387 g/mol. The molecule has 0 aliphatic heterocycles. The molecule has 2 amide bonds. The van der Waals surface area contributed by atoms with E-state index < -0.39 is 6.04 Å². The molecule has 1 aromatic carbocycles. The van der Waals surface area contributed by atoms with E-state index in [0.717, 1.165) is 47.6 Å². The Kier molecular flexibility index (Phi) is 6.11. The second kappa shape index (κ2) is 8.52. The lowest BCUT2D eigenvalue weighted by Gasteiger charge is -2.22. The maximum absolute atomic E-state index is 12.8. The van der Waals surface area contributed by atoms with E-state index in [0.29, 0.717) is 5.13 Å². The van der Waals surface area contributed by atoms with Crippen LogP contribution in [0, 0.1) is 12.8 Å². The van der Waals surface area contributed by atoms with Crippen molar-refractivity contribution in [2.45, 2.75) is 45.6 Å². The maximum Gasteiger partial charge on any atom is 0.249 e. The first-order chi connectivity index (χ1) is 13.0. The van der Waals surface area contributed by atoms with Crippen LogP contribution in [0.1, 0.15) is 37.5 Å². The minimum absolute atomic E-state index is 0.184. The number of aryl methyl sites for hydroxylation is 1. The molecule has 1 aromatic heterocycles. The van der Waals surface area contributed by atoms with Crippen molar-refractivity contribution in [2.75, 3.05) is 12.4 Å². The highest BCUT2D eigenvalue weighted by atomic mass is 32.1. The number of rotatable bonds is 6. The molecule has 144 valence electrons. The first-order valence-corrected chi connectivity index (χ1v) is 9.99. The molecule has 7 heteroatoms. The minimum atomic E-state index is -0.501. The summed E-state index contributed by atoms with van der Waals surface area (Å²) in [7, 11) is 1.63. The molecule has 1 saturated carbocycles. The van der Waals surface area contributed by atoms with Crippen molar-refractivity contribution in [3.63, 3.8) is 0 Å². The van der Waals surface area contributed by atoms with E-state index in [2.05, 4.69) is 15.6 Å². The quantitative estimate of drug-likeness (QED) is 0.791. The van der Waals surface area contributed by atoms with Gasteiger partial charge < -0.3 is 15.4 Å². The molecular formula is C20H25N3O3S. The number of nitrogens with zero attached hydrogens (tertiary/aromatic N) is 1. The largest absolute Gasteiger partial charge is 0.497 e. The highest BCUT2D eigenvalue weighted by molar-refractivity contribution is 7.16. The first kappa shape index (κ1) is 19.4. The number of methoxy groups -OCH3 is 1. The minimum Gasteiger partial charge on any atom is -0.497 e. The van der Waals surface area contributed by atoms with Crippen LogP contribution in [0.3, 0.4) is 0 Å². The highest BCUT2D eigenvalue weighted by Gasteiger charge is 2.31. The Morgan fingerprint density at radius 3 is 2.48 bits per heavy atom. The molecule has 27 heavy (non-hydrogen) atoms. The molecule has 1 heterocycles. The number of carbonyl (C=O) groups excluding carboxylic acids is 2. The topological polar surface area (TPSA) is 80.3 Å². The van der Waals surface area contributed by atoms with Gasteiger partial charge in [0, 0.05) is 17.4 Å². The van der Waals surface area contributed by atoms with Gasteiger partial charge >= 0.3 is 0 Å². The average Bonchev–Trinajstić information content (AvgIpc) is 3.29. The van der Waals surface area contributed by atoms with Gasteiger partial charge in [-0.15, -0.1) is 11.3 Å². The van der Waals surface area contributed by atoms with Crippen LogP contribution < -0.4 is 15.4 Å². The molecule has 1 atom stereocenters. The number of thiazole rings is 1. The Bertz CT molecular complexity index is 810. The Balaban J connectivity index is 1.75. The van der Waals surface area contributed by atoms with Crippen LogP contribution in [0.15, 0.2) is 24.3 Å². The summed E-state index contributed by atoms with van der Waals surface area (Å²) in [5.41, 5.74) is 1.81. The lowest BCUT2D eigenvalue weighted by atomic mass is 9.97. The van der Waals surface area contributed by atoms with Gasteiger partial charge in [-0.2, -0.15) is 0 Å². The van der Waals surface area contributed by atoms with Gasteiger partial charge in [0.25, 0.3) is 0 Å². The summed E-state index contributed by atoms with van der Waals surface area (Å²) in [6, 6.07) is 7.17. The smallest absolute Gasteiger partial charge is 0.249 e. The van der Waals surface area contributed by atoms with E-state index in [9.17, 15) is 9.59 Å². The Morgan fingerprint density at radius 1 is 1.22 bits per heavy atom. The fraction of sp³-hybridized carbons (Fsp3) is 0.450. The summed E-state index contributed by atoms with van der Waals surface area (Å²) >= 11 is 1.44. The van der Waals surface area contributed by atoms with E-state index in [1.807, 2.05) is 31.2 Å². The van der Waals surface area contributed by atoms with Gasteiger partial charge in [0.05, 0.1) is 12.8 Å². The number of ether oxygens (including phenoxy) is 1. The molecule has 1 unspecified atom stereocenters. The van der Waals surface area contributed by atoms with E-state index >= 15 is 0 Å². The summed E-state index contributed by atoms with van der Waals surface area (Å²) in [5.74, 6) is 0.606. The zero-order chi connectivity index (χ0) is 19.4. The SMILES string of the molecule is COc1ccc(-c2nc(NC(=O)C(NC(C)=O)C3CCCC3)sc2C)cc1.